The van der Waals surface area contributed by atoms with E-state index in [9.17, 15) is 24.6 Å². The first kappa shape index (κ1) is 35.0. The highest BCUT2D eigenvalue weighted by Gasteiger charge is 2.21. The van der Waals surface area contributed by atoms with Crippen molar-refractivity contribution in [3.05, 3.63) is 105 Å². The summed E-state index contributed by atoms with van der Waals surface area (Å²) in [5, 5.41) is 28.3. The number of carboxylic acid groups (broad SMARTS) is 1. The minimum absolute atomic E-state index is 0.0486. The molecule has 2 atom stereocenters. The van der Waals surface area contributed by atoms with Crippen LogP contribution in [0, 0.1) is 0 Å². The third kappa shape index (κ3) is 7.35. The van der Waals surface area contributed by atoms with Crippen molar-refractivity contribution in [3.63, 3.8) is 0 Å². The molecule has 14 heteroatoms. The molecule has 0 spiro atoms. The van der Waals surface area contributed by atoms with Gasteiger partial charge in [-0.15, -0.1) is 0 Å². The molecule has 1 saturated heterocycles. The van der Waals surface area contributed by atoms with Gasteiger partial charge in [0.15, 0.2) is 0 Å². The second kappa shape index (κ2) is 15.4. The number of nitrogens with zero attached hydrogens (tertiary/aromatic N) is 3. The molecule has 1 amide bonds. The first-order valence-corrected chi connectivity index (χ1v) is 16.6. The number of methoxy groups -OCH3 is 1. The molecule has 1 aliphatic heterocycles. The number of pyridine rings is 2. The van der Waals surface area contributed by atoms with Crippen LogP contribution < -0.4 is 26.2 Å². The molecule has 0 aliphatic carbocycles. The summed E-state index contributed by atoms with van der Waals surface area (Å²) < 4.78 is 6.98. The van der Waals surface area contributed by atoms with Crippen LogP contribution in [-0.4, -0.2) is 68.8 Å². The van der Waals surface area contributed by atoms with Gasteiger partial charge in [0.2, 0.25) is 11.8 Å². The molecule has 5 N–H and O–H groups in total. The SMILES string of the molecule is COc1nc(-c2cccc(-c3cccc(-c4ccn5c(=O)c(CNC[C@@H]6CCC(=O)N6)cnc5c4)c3Cl)c2Cl)ccc1CN[C@@H](CO)C(=O)O. The molecule has 0 bridgehead atoms. The van der Waals surface area contributed by atoms with Crippen molar-refractivity contribution in [2.45, 2.75) is 38.0 Å². The Hall–Kier alpha value is -4.85. The number of halogens is 2. The molecule has 1 fully saturated rings. The van der Waals surface area contributed by atoms with Crippen LogP contribution in [0.15, 0.2) is 77.9 Å². The second-order valence-electron chi connectivity index (χ2n) is 11.8. The van der Waals surface area contributed by atoms with Crippen LogP contribution in [0.3, 0.4) is 0 Å². The molecule has 3 aromatic heterocycles. The fourth-order valence-corrected chi connectivity index (χ4v) is 6.57. The molecule has 12 nitrogen and oxygen atoms in total. The van der Waals surface area contributed by atoms with Gasteiger partial charge in [-0.25, -0.2) is 9.97 Å². The lowest BCUT2D eigenvalue weighted by Crippen LogP contribution is -2.39. The number of carboxylic acids is 1. The molecule has 2 aromatic carbocycles. The summed E-state index contributed by atoms with van der Waals surface area (Å²) in [6.07, 6.45) is 4.55. The number of carbonyl (C=O) groups excluding carboxylic acids is 1. The summed E-state index contributed by atoms with van der Waals surface area (Å²) in [7, 11) is 1.47. The number of hydrogen-bond donors (Lipinski definition) is 5. The monoisotopic (exact) mass is 716 g/mol. The summed E-state index contributed by atoms with van der Waals surface area (Å²) in [5.74, 6) is -0.834. The largest absolute Gasteiger partial charge is 0.481 e. The zero-order valence-corrected chi connectivity index (χ0v) is 28.5. The van der Waals surface area contributed by atoms with Gasteiger partial charge in [0.1, 0.15) is 11.7 Å². The van der Waals surface area contributed by atoms with E-state index in [1.165, 1.54) is 11.5 Å². The van der Waals surface area contributed by atoms with Crippen molar-refractivity contribution in [2.75, 3.05) is 20.3 Å². The van der Waals surface area contributed by atoms with E-state index < -0.39 is 18.6 Å². The van der Waals surface area contributed by atoms with Crippen molar-refractivity contribution in [3.8, 4) is 39.4 Å². The molecular formula is C36H34Cl2N6O6. The number of aliphatic carboxylic acids is 1. The number of ether oxygens (including phenoxy) is 1. The van der Waals surface area contributed by atoms with Crippen LogP contribution in [0.4, 0.5) is 0 Å². The van der Waals surface area contributed by atoms with E-state index in [0.29, 0.717) is 68.7 Å². The van der Waals surface area contributed by atoms with Gasteiger partial charge >= 0.3 is 5.97 Å². The Morgan fingerprint density at radius 2 is 1.74 bits per heavy atom. The minimum Gasteiger partial charge on any atom is -0.481 e. The third-order valence-corrected chi connectivity index (χ3v) is 9.41. The zero-order chi connectivity index (χ0) is 35.4. The predicted molar refractivity (Wildman–Crippen MR) is 190 cm³/mol. The topological polar surface area (TPSA) is 167 Å². The van der Waals surface area contributed by atoms with Crippen LogP contribution >= 0.6 is 23.2 Å². The van der Waals surface area contributed by atoms with Gasteiger partial charge in [-0.2, -0.15) is 0 Å². The van der Waals surface area contributed by atoms with Crippen molar-refractivity contribution in [2.24, 2.45) is 0 Å². The quantitative estimate of drug-likeness (QED) is 0.119. The van der Waals surface area contributed by atoms with Crippen LogP contribution in [0.2, 0.25) is 10.0 Å². The molecule has 0 radical (unpaired) electrons. The van der Waals surface area contributed by atoms with E-state index in [1.54, 1.807) is 24.5 Å². The van der Waals surface area contributed by atoms with Crippen molar-refractivity contribution >= 4 is 40.7 Å². The summed E-state index contributed by atoms with van der Waals surface area (Å²) in [5.41, 5.74) is 5.44. The summed E-state index contributed by atoms with van der Waals surface area (Å²) in [6, 6.07) is 17.3. The van der Waals surface area contributed by atoms with E-state index in [1.807, 2.05) is 48.5 Å². The van der Waals surface area contributed by atoms with E-state index in [-0.39, 0.29) is 29.9 Å². The minimum atomic E-state index is -1.17. The van der Waals surface area contributed by atoms with Gasteiger partial charge in [0, 0.05) is 77.9 Å². The highest BCUT2D eigenvalue weighted by molar-refractivity contribution is 6.39. The summed E-state index contributed by atoms with van der Waals surface area (Å²) in [6.45, 7) is 0.463. The highest BCUT2D eigenvalue weighted by Crippen LogP contribution is 2.42. The second-order valence-corrected chi connectivity index (χ2v) is 12.6. The van der Waals surface area contributed by atoms with Gasteiger partial charge < -0.3 is 25.6 Å². The number of amides is 1. The fourth-order valence-electron chi connectivity index (χ4n) is 5.91. The number of nitrogens with one attached hydrogen (secondary N) is 3. The maximum Gasteiger partial charge on any atom is 0.323 e. The van der Waals surface area contributed by atoms with Crippen molar-refractivity contribution < 1.29 is 24.5 Å². The first-order chi connectivity index (χ1) is 24.2. The average molecular weight is 718 g/mol. The van der Waals surface area contributed by atoms with E-state index in [2.05, 4.69) is 25.9 Å². The standard InChI is InChI=1S/C36H34Cl2N6O6/c1-50-34-21(16-40-29(19-45)36(48)49)8-10-28(43-34)27-7-3-6-26(33(27)38)25-5-2-4-24(32(25)37)20-12-13-44-30(14-20)41-17-22(35(44)47)15-39-18-23-9-11-31(46)42-23/h2-8,10,12-14,17,23,29,39-40,45H,9,11,15-16,18-19H2,1H3,(H,42,46)(H,48,49)/t23-,29-/m0/s1. The van der Waals surface area contributed by atoms with Gasteiger partial charge in [-0.1, -0.05) is 65.7 Å². The predicted octanol–water partition coefficient (Wildman–Crippen LogP) is 4.31. The Morgan fingerprint density at radius 3 is 2.42 bits per heavy atom. The maximum atomic E-state index is 13.2. The molecular weight excluding hydrogens is 683 g/mol. The number of aliphatic hydroxyl groups excluding tert-OH is 1. The first-order valence-electron chi connectivity index (χ1n) is 15.9. The summed E-state index contributed by atoms with van der Waals surface area (Å²) >= 11 is 14.1. The van der Waals surface area contributed by atoms with E-state index in [4.69, 9.17) is 27.9 Å². The number of fused-ring (bicyclic) bond motifs is 1. The Balaban J connectivity index is 1.25. The maximum absolute atomic E-state index is 13.2. The Morgan fingerprint density at radius 1 is 1.02 bits per heavy atom. The zero-order valence-electron chi connectivity index (χ0n) is 27.0. The number of benzene rings is 2. The van der Waals surface area contributed by atoms with E-state index in [0.717, 1.165) is 17.5 Å². The lowest BCUT2D eigenvalue weighted by Gasteiger charge is -2.16. The lowest BCUT2D eigenvalue weighted by molar-refractivity contribution is -0.140. The molecule has 1 aliphatic rings. The number of carbonyl (C=O) groups is 2. The van der Waals surface area contributed by atoms with Gasteiger partial charge in [0.05, 0.1) is 29.5 Å². The van der Waals surface area contributed by atoms with Crippen molar-refractivity contribution in [1.29, 1.82) is 0 Å². The third-order valence-electron chi connectivity index (χ3n) is 8.60. The van der Waals surface area contributed by atoms with Crippen LogP contribution in [0.1, 0.15) is 24.0 Å². The van der Waals surface area contributed by atoms with Crippen LogP contribution in [0.5, 0.6) is 5.88 Å². The number of aromatic nitrogens is 3. The molecule has 258 valence electrons. The molecule has 5 aromatic rings. The highest BCUT2D eigenvalue weighted by atomic mass is 35.5. The molecule has 4 heterocycles. The lowest BCUT2D eigenvalue weighted by atomic mass is 9.97. The van der Waals surface area contributed by atoms with Gasteiger partial charge in [0.25, 0.3) is 5.56 Å². The number of aliphatic hydroxyl groups is 1. The average Bonchev–Trinajstić information content (AvgIpc) is 3.54. The van der Waals surface area contributed by atoms with Crippen LogP contribution in [0.25, 0.3) is 39.2 Å². The van der Waals surface area contributed by atoms with Crippen LogP contribution in [-0.2, 0) is 22.7 Å². The number of rotatable bonds is 13. The molecule has 6 rings (SSSR count). The molecule has 50 heavy (non-hydrogen) atoms. The Bertz CT molecular complexity index is 2140. The van der Waals surface area contributed by atoms with Crippen molar-refractivity contribution in [1.82, 2.24) is 30.3 Å². The normalized spacial score (nSPS) is 14.9. The Labute approximate surface area is 297 Å². The summed E-state index contributed by atoms with van der Waals surface area (Å²) in [4.78, 5) is 45.1. The van der Waals surface area contributed by atoms with E-state index >= 15 is 0 Å². The fraction of sp³-hybridized carbons (Fsp3) is 0.250. The smallest absolute Gasteiger partial charge is 0.323 e. The van der Waals surface area contributed by atoms with Gasteiger partial charge in [-0.05, 0) is 30.2 Å². The Kier molecular flexibility index (Phi) is 10.8. The van der Waals surface area contributed by atoms with Gasteiger partial charge in [-0.3, -0.25) is 24.1 Å². The molecule has 0 saturated carbocycles. The number of hydrogen-bond acceptors (Lipinski definition) is 9. The molecule has 0 unspecified atom stereocenters.